The molecule has 0 saturated carbocycles. The molecule has 1 aromatic carbocycles. The van der Waals surface area contributed by atoms with Crippen molar-refractivity contribution in [2.75, 3.05) is 6.61 Å². The highest BCUT2D eigenvalue weighted by molar-refractivity contribution is 6.30. The highest BCUT2D eigenvalue weighted by Crippen LogP contribution is 2.26. The molecule has 0 aliphatic rings. The number of aliphatic carboxylic acids is 1. The summed E-state index contributed by atoms with van der Waals surface area (Å²) in [5.41, 5.74) is 0.754. The third kappa shape index (κ3) is 4.21. The van der Waals surface area contributed by atoms with Crippen LogP contribution in [0.25, 0.3) is 0 Å². The van der Waals surface area contributed by atoms with E-state index in [0.717, 1.165) is 5.56 Å². The van der Waals surface area contributed by atoms with Crippen molar-refractivity contribution in [3.8, 4) is 0 Å². The van der Waals surface area contributed by atoms with Gasteiger partial charge in [-0.3, -0.25) is 4.79 Å². The molecular formula is C14H18ClNO4. The number of aliphatic hydroxyl groups is 1. The zero-order chi connectivity index (χ0) is 15.3. The van der Waals surface area contributed by atoms with Crippen LogP contribution in [0.5, 0.6) is 0 Å². The molecule has 110 valence electrons. The van der Waals surface area contributed by atoms with Crippen molar-refractivity contribution in [1.29, 1.82) is 0 Å². The number of nitrogens with one attached hydrogen (secondary N) is 1. The Labute approximate surface area is 122 Å². The number of carbonyl (C=O) groups excluding carboxylic acids is 1. The van der Waals surface area contributed by atoms with Gasteiger partial charge in [0, 0.05) is 5.02 Å². The molecule has 1 unspecified atom stereocenters. The molecule has 0 bridgehead atoms. The van der Waals surface area contributed by atoms with Crippen molar-refractivity contribution in [3.63, 3.8) is 0 Å². The molecule has 3 N–H and O–H groups in total. The van der Waals surface area contributed by atoms with Crippen LogP contribution in [0.2, 0.25) is 5.02 Å². The Bertz CT molecular complexity index is 473. The molecule has 5 nitrogen and oxygen atoms in total. The van der Waals surface area contributed by atoms with Gasteiger partial charge >= 0.3 is 5.97 Å². The van der Waals surface area contributed by atoms with E-state index in [1.54, 1.807) is 24.3 Å². The van der Waals surface area contributed by atoms with Crippen molar-refractivity contribution >= 4 is 23.5 Å². The quantitative estimate of drug-likeness (QED) is 0.745. The van der Waals surface area contributed by atoms with E-state index in [0.29, 0.717) is 5.02 Å². The first kappa shape index (κ1) is 16.5. The first-order valence-electron chi connectivity index (χ1n) is 6.26. The van der Waals surface area contributed by atoms with Crippen LogP contribution in [0.3, 0.4) is 0 Å². The lowest BCUT2D eigenvalue weighted by Crippen LogP contribution is -2.46. The lowest BCUT2D eigenvalue weighted by atomic mass is 9.87. The van der Waals surface area contributed by atoms with E-state index in [4.69, 9.17) is 21.8 Å². The SMILES string of the molecule is CC(C)C(C(=O)N[C@@H](CO)C(=O)O)c1ccc(Cl)cc1. The van der Waals surface area contributed by atoms with Crippen LogP contribution in [-0.4, -0.2) is 34.7 Å². The topological polar surface area (TPSA) is 86.6 Å². The molecule has 0 heterocycles. The Kier molecular flexibility index (Phi) is 5.98. The number of aliphatic hydroxyl groups excluding tert-OH is 1. The van der Waals surface area contributed by atoms with Crippen molar-refractivity contribution in [3.05, 3.63) is 34.9 Å². The Morgan fingerprint density at radius 3 is 2.20 bits per heavy atom. The number of rotatable bonds is 6. The maximum atomic E-state index is 12.2. The van der Waals surface area contributed by atoms with Gasteiger partial charge in [0.05, 0.1) is 12.5 Å². The van der Waals surface area contributed by atoms with Crippen LogP contribution in [0.1, 0.15) is 25.3 Å². The molecule has 0 saturated heterocycles. The minimum Gasteiger partial charge on any atom is -0.480 e. The number of hydrogen-bond acceptors (Lipinski definition) is 3. The zero-order valence-electron chi connectivity index (χ0n) is 11.3. The molecule has 0 radical (unpaired) electrons. The summed E-state index contributed by atoms with van der Waals surface area (Å²) >= 11 is 5.81. The Morgan fingerprint density at radius 2 is 1.80 bits per heavy atom. The van der Waals surface area contributed by atoms with E-state index in [9.17, 15) is 9.59 Å². The van der Waals surface area contributed by atoms with E-state index in [1.807, 2.05) is 13.8 Å². The lowest BCUT2D eigenvalue weighted by molar-refractivity contribution is -0.143. The summed E-state index contributed by atoms with van der Waals surface area (Å²) in [6.45, 7) is 3.09. The number of amides is 1. The van der Waals surface area contributed by atoms with E-state index < -0.39 is 30.4 Å². The smallest absolute Gasteiger partial charge is 0.328 e. The summed E-state index contributed by atoms with van der Waals surface area (Å²) in [7, 11) is 0. The molecule has 1 amide bonds. The molecule has 20 heavy (non-hydrogen) atoms. The number of benzene rings is 1. The van der Waals surface area contributed by atoms with Crippen LogP contribution in [0.15, 0.2) is 24.3 Å². The van der Waals surface area contributed by atoms with E-state index in [1.165, 1.54) is 0 Å². The molecule has 1 rings (SSSR count). The maximum Gasteiger partial charge on any atom is 0.328 e. The molecule has 0 fully saturated rings. The fraction of sp³-hybridized carbons (Fsp3) is 0.429. The second-order valence-electron chi connectivity index (χ2n) is 4.86. The van der Waals surface area contributed by atoms with E-state index in [2.05, 4.69) is 5.32 Å². The highest BCUT2D eigenvalue weighted by Gasteiger charge is 2.28. The Balaban J connectivity index is 2.93. The van der Waals surface area contributed by atoms with Crippen molar-refractivity contribution in [1.82, 2.24) is 5.32 Å². The standard InChI is InChI=1S/C14H18ClNO4/c1-8(2)12(9-3-5-10(15)6-4-9)13(18)16-11(7-17)14(19)20/h3-6,8,11-12,17H,7H2,1-2H3,(H,16,18)(H,19,20)/t11-,12?/m0/s1. The van der Waals surface area contributed by atoms with Gasteiger partial charge in [0.2, 0.25) is 5.91 Å². The molecule has 0 aromatic heterocycles. The van der Waals surface area contributed by atoms with Crippen LogP contribution >= 0.6 is 11.6 Å². The summed E-state index contributed by atoms with van der Waals surface area (Å²) in [5.74, 6) is -2.21. The summed E-state index contributed by atoms with van der Waals surface area (Å²) in [4.78, 5) is 23.1. The van der Waals surface area contributed by atoms with Crippen LogP contribution < -0.4 is 5.32 Å². The summed E-state index contributed by atoms with van der Waals surface area (Å²) in [6.07, 6.45) is 0. The second kappa shape index (κ2) is 7.26. The number of halogens is 1. The van der Waals surface area contributed by atoms with Crippen molar-refractivity contribution in [2.24, 2.45) is 5.92 Å². The van der Waals surface area contributed by atoms with Gasteiger partial charge in [0.1, 0.15) is 6.04 Å². The van der Waals surface area contributed by atoms with Gasteiger partial charge in [-0.2, -0.15) is 0 Å². The van der Waals surface area contributed by atoms with Crippen LogP contribution in [0, 0.1) is 5.92 Å². The molecule has 6 heteroatoms. The van der Waals surface area contributed by atoms with Crippen LogP contribution in [0.4, 0.5) is 0 Å². The molecule has 0 aliphatic carbocycles. The number of hydrogen-bond donors (Lipinski definition) is 3. The van der Waals surface area contributed by atoms with Crippen molar-refractivity contribution < 1.29 is 19.8 Å². The predicted molar refractivity (Wildman–Crippen MR) is 75.7 cm³/mol. The average Bonchev–Trinajstić information content (AvgIpc) is 2.37. The Morgan fingerprint density at radius 1 is 1.25 bits per heavy atom. The molecule has 0 spiro atoms. The minimum atomic E-state index is -1.30. The fourth-order valence-electron chi connectivity index (χ4n) is 1.96. The average molecular weight is 300 g/mol. The number of carbonyl (C=O) groups is 2. The molecular weight excluding hydrogens is 282 g/mol. The third-order valence-corrected chi connectivity index (χ3v) is 3.23. The van der Waals surface area contributed by atoms with Gasteiger partial charge in [0.25, 0.3) is 0 Å². The normalized spacial score (nSPS) is 13.8. The molecule has 2 atom stereocenters. The minimum absolute atomic E-state index is 0.0238. The fourth-order valence-corrected chi connectivity index (χ4v) is 2.08. The monoisotopic (exact) mass is 299 g/mol. The van der Waals surface area contributed by atoms with Gasteiger partial charge < -0.3 is 15.5 Å². The predicted octanol–water partition coefficient (Wildman–Crippen LogP) is 1.64. The number of carboxylic acids is 1. The highest BCUT2D eigenvalue weighted by atomic mass is 35.5. The van der Waals surface area contributed by atoms with Gasteiger partial charge in [-0.25, -0.2) is 4.79 Å². The third-order valence-electron chi connectivity index (χ3n) is 2.98. The van der Waals surface area contributed by atoms with Gasteiger partial charge in [-0.1, -0.05) is 37.6 Å². The lowest BCUT2D eigenvalue weighted by Gasteiger charge is -2.22. The largest absolute Gasteiger partial charge is 0.480 e. The van der Waals surface area contributed by atoms with Gasteiger partial charge in [0.15, 0.2) is 0 Å². The van der Waals surface area contributed by atoms with E-state index in [-0.39, 0.29) is 5.92 Å². The summed E-state index contributed by atoms with van der Waals surface area (Å²) in [6, 6.07) is 5.54. The Hall–Kier alpha value is -1.59. The zero-order valence-corrected chi connectivity index (χ0v) is 12.1. The second-order valence-corrected chi connectivity index (χ2v) is 5.29. The van der Waals surface area contributed by atoms with Crippen molar-refractivity contribution in [2.45, 2.75) is 25.8 Å². The number of carboxylic acid groups (broad SMARTS) is 1. The first-order chi connectivity index (χ1) is 9.36. The van der Waals surface area contributed by atoms with Gasteiger partial charge in [-0.15, -0.1) is 0 Å². The summed E-state index contributed by atoms with van der Waals surface area (Å²) < 4.78 is 0. The molecule has 0 aliphatic heterocycles. The van der Waals surface area contributed by atoms with Gasteiger partial charge in [-0.05, 0) is 23.6 Å². The maximum absolute atomic E-state index is 12.2. The molecule has 1 aromatic rings. The summed E-state index contributed by atoms with van der Waals surface area (Å²) in [5, 5.41) is 20.7. The first-order valence-corrected chi connectivity index (χ1v) is 6.64. The van der Waals surface area contributed by atoms with E-state index >= 15 is 0 Å². The van der Waals surface area contributed by atoms with Crippen LogP contribution in [-0.2, 0) is 9.59 Å².